The Balaban J connectivity index is 2.23. The topological polar surface area (TPSA) is 58.6 Å². The number of nitrogens with zero attached hydrogens (tertiary/aromatic N) is 1. The molecule has 2 aromatic rings. The zero-order valence-corrected chi connectivity index (χ0v) is 21.4. The van der Waals surface area contributed by atoms with E-state index in [4.69, 9.17) is 27.9 Å². The molecule has 0 aliphatic rings. The van der Waals surface area contributed by atoms with Crippen LogP contribution in [0.3, 0.4) is 0 Å². The van der Waals surface area contributed by atoms with E-state index in [-0.39, 0.29) is 25.0 Å². The first-order chi connectivity index (χ1) is 14.4. The third kappa shape index (κ3) is 7.70. The second-order valence-corrected chi connectivity index (χ2v) is 10.1. The quantitative estimate of drug-likeness (QED) is 0.495. The summed E-state index contributed by atoms with van der Waals surface area (Å²) in [5.41, 5.74) is 1.26. The number of nitrogens with one attached hydrogen (secondary N) is 1. The second-order valence-electron chi connectivity index (χ2n) is 8.37. The predicted molar refractivity (Wildman–Crippen MR) is 129 cm³/mol. The van der Waals surface area contributed by atoms with Crippen LogP contribution in [0, 0.1) is 6.92 Å². The number of benzene rings is 2. The maximum atomic E-state index is 13.1. The van der Waals surface area contributed by atoms with Crippen molar-refractivity contribution in [1.82, 2.24) is 10.2 Å². The van der Waals surface area contributed by atoms with Gasteiger partial charge in [-0.3, -0.25) is 9.59 Å². The minimum Gasteiger partial charge on any atom is -0.484 e. The van der Waals surface area contributed by atoms with Crippen LogP contribution in [0.2, 0.25) is 10.0 Å². The molecule has 8 heteroatoms. The van der Waals surface area contributed by atoms with Crippen molar-refractivity contribution in [3.8, 4) is 5.75 Å². The van der Waals surface area contributed by atoms with E-state index in [0.717, 1.165) is 10.0 Å². The molecule has 0 aliphatic heterocycles. The fraction of sp³-hybridized carbons (Fsp3) is 0.391. The molecular weight excluding hydrogens is 503 g/mol. The molecule has 1 atom stereocenters. The van der Waals surface area contributed by atoms with Crippen molar-refractivity contribution in [2.75, 3.05) is 6.61 Å². The highest BCUT2D eigenvalue weighted by Gasteiger charge is 2.29. The molecule has 2 aromatic carbocycles. The van der Waals surface area contributed by atoms with Gasteiger partial charge in [0, 0.05) is 26.6 Å². The average molecular weight is 530 g/mol. The van der Waals surface area contributed by atoms with Crippen LogP contribution in [-0.4, -0.2) is 34.9 Å². The zero-order chi connectivity index (χ0) is 23.3. The summed E-state index contributed by atoms with van der Waals surface area (Å²) in [5, 5.41) is 3.85. The molecule has 0 fully saturated rings. The van der Waals surface area contributed by atoms with E-state index in [0.29, 0.717) is 21.4 Å². The van der Waals surface area contributed by atoms with Crippen LogP contribution >= 0.6 is 39.1 Å². The fourth-order valence-electron chi connectivity index (χ4n) is 2.83. The van der Waals surface area contributed by atoms with Gasteiger partial charge >= 0.3 is 0 Å². The summed E-state index contributed by atoms with van der Waals surface area (Å²) in [7, 11) is 0. The molecule has 2 amide bonds. The average Bonchev–Trinajstić information content (AvgIpc) is 2.66. The highest BCUT2D eigenvalue weighted by Crippen LogP contribution is 2.24. The van der Waals surface area contributed by atoms with Gasteiger partial charge in [0.2, 0.25) is 5.91 Å². The van der Waals surface area contributed by atoms with Gasteiger partial charge in [0.25, 0.3) is 5.91 Å². The molecule has 2 rings (SSSR count). The molecule has 0 heterocycles. The monoisotopic (exact) mass is 528 g/mol. The molecule has 0 bridgehead atoms. The molecular formula is C23H27BrCl2N2O3. The van der Waals surface area contributed by atoms with E-state index >= 15 is 0 Å². The molecule has 31 heavy (non-hydrogen) atoms. The van der Waals surface area contributed by atoms with Crippen LogP contribution in [0.4, 0.5) is 0 Å². The van der Waals surface area contributed by atoms with Crippen molar-refractivity contribution < 1.29 is 14.3 Å². The third-order valence-electron chi connectivity index (χ3n) is 4.51. The van der Waals surface area contributed by atoms with E-state index in [9.17, 15) is 9.59 Å². The van der Waals surface area contributed by atoms with Crippen LogP contribution in [0.1, 0.15) is 38.8 Å². The molecule has 0 aliphatic carbocycles. The van der Waals surface area contributed by atoms with E-state index < -0.39 is 11.6 Å². The zero-order valence-electron chi connectivity index (χ0n) is 18.3. The number of aryl methyl sites for hydroxylation is 1. The van der Waals surface area contributed by atoms with Crippen molar-refractivity contribution in [2.24, 2.45) is 0 Å². The lowest BCUT2D eigenvalue weighted by atomic mass is 10.1. The Labute approximate surface area is 202 Å². The normalized spacial score (nSPS) is 12.3. The molecule has 0 aromatic heterocycles. The van der Waals surface area contributed by atoms with E-state index in [2.05, 4.69) is 21.2 Å². The Morgan fingerprint density at radius 1 is 1.16 bits per heavy atom. The molecule has 5 nitrogen and oxygen atoms in total. The minimum atomic E-state index is -0.728. The number of hydrogen-bond donors (Lipinski definition) is 1. The maximum absolute atomic E-state index is 13.1. The van der Waals surface area contributed by atoms with Gasteiger partial charge in [-0.2, -0.15) is 0 Å². The van der Waals surface area contributed by atoms with Crippen LogP contribution in [0.5, 0.6) is 5.75 Å². The number of hydrogen-bond acceptors (Lipinski definition) is 3. The Morgan fingerprint density at radius 2 is 1.84 bits per heavy atom. The van der Waals surface area contributed by atoms with Crippen LogP contribution in [0.25, 0.3) is 0 Å². The molecule has 1 N–H and O–H groups in total. The van der Waals surface area contributed by atoms with Gasteiger partial charge in [0.15, 0.2) is 6.61 Å². The summed E-state index contributed by atoms with van der Waals surface area (Å²) in [6.45, 7) is 9.23. The van der Waals surface area contributed by atoms with E-state index in [1.165, 1.54) is 4.90 Å². The van der Waals surface area contributed by atoms with Gasteiger partial charge in [0.05, 0.1) is 0 Å². The van der Waals surface area contributed by atoms with Crippen molar-refractivity contribution in [3.05, 3.63) is 62.0 Å². The molecule has 0 saturated heterocycles. The highest BCUT2D eigenvalue weighted by atomic mass is 79.9. The van der Waals surface area contributed by atoms with Gasteiger partial charge in [-0.05, 0) is 76.1 Å². The summed E-state index contributed by atoms with van der Waals surface area (Å²) in [5.74, 6) is -0.0149. The Hall–Kier alpha value is -1.76. The van der Waals surface area contributed by atoms with Gasteiger partial charge in [-0.15, -0.1) is 0 Å². The lowest BCUT2D eigenvalue weighted by Gasteiger charge is -2.31. The van der Waals surface area contributed by atoms with E-state index in [1.807, 2.05) is 39.8 Å². The third-order valence-corrected chi connectivity index (χ3v) is 5.99. The first-order valence-corrected chi connectivity index (χ1v) is 11.4. The van der Waals surface area contributed by atoms with Crippen LogP contribution < -0.4 is 10.1 Å². The first-order valence-electron chi connectivity index (χ1n) is 9.82. The van der Waals surface area contributed by atoms with Crippen molar-refractivity contribution in [2.45, 2.75) is 52.7 Å². The number of ether oxygens (including phenoxy) is 1. The molecule has 0 spiro atoms. The molecule has 168 valence electrons. The lowest BCUT2D eigenvalue weighted by Crippen LogP contribution is -2.53. The van der Waals surface area contributed by atoms with Crippen LogP contribution in [0.15, 0.2) is 40.9 Å². The number of carbonyl (C=O) groups is 2. The first kappa shape index (κ1) is 25.5. The maximum Gasteiger partial charge on any atom is 0.261 e. The Kier molecular flexibility index (Phi) is 8.81. The predicted octanol–water partition coefficient (Wildman–Crippen LogP) is 5.78. The number of carbonyl (C=O) groups excluding carboxylic acids is 2. The van der Waals surface area contributed by atoms with E-state index in [1.54, 1.807) is 31.2 Å². The van der Waals surface area contributed by atoms with Crippen molar-refractivity contribution >= 4 is 50.9 Å². The molecule has 0 radical (unpaired) electrons. The Morgan fingerprint density at radius 3 is 2.42 bits per heavy atom. The van der Waals surface area contributed by atoms with Crippen molar-refractivity contribution in [3.63, 3.8) is 0 Å². The Bertz CT molecular complexity index is 960. The van der Waals surface area contributed by atoms with Crippen LogP contribution in [-0.2, 0) is 16.1 Å². The standard InChI is InChI=1S/C23H27BrCl2N2O3/c1-14-10-18(8-9-19(14)24)31-13-21(29)28(15(2)22(30)27-23(3,4)5)12-16-6-7-17(25)11-20(16)26/h6-11,15H,12-13H2,1-5H3,(H,27,30). The summed E-state index contributed by atoms with van der Waals surface area (Å²) >= 11 is 15.7. The van der Waals surface area contributed by atoms with Gasteiger partial charge in [-0.25, -0.2) is 0 Å². The number of halogens is 3. The summed E-state index contributed by atoms with van der Waals surface area (Å²) in [4.78, 5) is 27.4. The summed E-state index contributed by atoms with van der Waals surface area (Å²) < 4.78 is 6.66. The fourth-order valence-corrected chi connectivity index (χ4v) is 3.54. The second kappa shape index (κ2) is 10.7. The van der Waals surface area contributed by atoms with Crippen molar-refractivity contribution in [1.29, 1.82) is 0 Å². The largest absolute Gasteiger partial charge is 0.484 e. The van der Waals surface area contributed by atoms with Gasteiger partial charge in [-0.1, -0.05) is 45.2 Å². The highest BCUT2D eigenvalue weighted by molar-refractivity contribution is 9.10. The smallest absolute Gasteiger partial charge is 0.261 e. The molecule has 0 saturated carbocycles. The lowest BCUT2D eigenvalue weighted by molar-refractivity contribution is -0.142. The van der Waals surface area contributed by atoms with Gasteiger partial charge < -0.3 is 15.0 Å². The summed E-state index contributed by atoms with van der Waals surface area (Å²) in [6.07, 6.45) is 0. The summed E-state index contributed by atoms with van der Waals surface area (Å²) in [6, 6.07) is 9.81. The number of rotatable bonds is 7. The molecule has 1 unspecified atom stereocenters. The van der Waals surface area contributed by atoms with Gasteiger partial charge in [0.1, 0.15) is 11.8 Å². The number of amides is 2. The SMILES string of the molecule is Cc1cc(OCC(=O)N(Cc2ccc(Cl)cc2Cl)C(C)C(=O)NC(C)(C)C)ccc1Br. The minimum absolute atomic E-state index is 0.149.